The van der Waals surface area contributed by atoms with Gasteiger partial charge in [0.15, 0.2) is 0 Å². The Kier molecular flexibility index (Phi) is 5.96. The second-order valence-corrected chi connectivity index (χ2v) is 8.83. The van der Waals surface area contributed by atoms with Gasteiger partial charge in [-0.05, 0) is 51.3 Å². The second-order valence-electron chi connectivity index (χ2n) is 5.43. The van der Waals surface area contributed by atoms with Gasteiger partial charge in [-0.25, -0.2) is 8.42 Å². The van der Waals surface area contributed by atoms with Gasteiger partial charge in [0, 0.05) is 18.0 Å². The maximum atomic E-state index is 12.7. The molecule has 0 bridgehead atoms. The van der Waals surface area contributed by atoms with Crippen LogP contribution in [0.1, 0.15) is 30.6 Å². The van der Waals surface area contributed by atoms with Gasteiger partial charge < -0.3 is 11.1 Å². The molecule has 0 aliphatic carbocycles. The minimum Gasteiger partial charge on any atom is -0.355 e. The molecule has 6 nitrogen and oxygen atoms in total. The minimum atomic E-state index is -3.58. The Morgan fingerprint density at radius 2 is 2.23 bits per heavy atom. The van der Waals surface area contributed by atoms with Gasteiger partial charge in [0.2, 0.25) is 5.91 Å². The van der Waals surface area contributed by atoms with E-state index in [0.29, 0.717) is 36.7 Å². The van der Waals surface area contributed by atoms with Crippen molar-refractivity contribution < 1.29 is 13.2 Å². The molecule has 1 fully saturated rings. The van der Waals surface area contributed by atoms with Crippen molar-refractivity contribution >= 4 is 27.3 Å². The summed E-state index contributed by atoms with van der Waals surface area (Å²) in [6, 6.07) is 2.81. The number of carbonyl (C=O) groups excluding carboxylic acids is 1. The van der Waals surface area contributed by atoms with Crippen LogP contribution in [0, 0.1) is 6.92 Å². The molecule has 0 saturated carbocycles. The zero-order chi connectivity index (χ0) is 16.2. The van der Waals surface area contributed by atoms with Crippen molar-refractivity contribution in [2.24, 2.45) is 5.73 Å². The van der Waals surface area contributed by atoms with E-state index in [1.165, 1.54) is 15.6 Å². The van der Waals surface area contributed by atoms with Crippen molar-refractivity contribution in [1.82, 2.24) is 9.62 Å². The van der Waals surface area contributed by atoms with Crippen molar-refractivity contribution in [2.45, 2.75) is 42.9 Å². The van der Waals surface area contributed by atoms with Gasteiger partial charge in [0.05, 0.1) is 0 Å². The highest BCUT2D eigenvalue weighted by atomic mass is 32.2. The highest BCUT2D eigenvalue weighted by Gasteiger charge is 2.39. The summed E-state index contributed by atoms with van der Waals surface area (Å²) in [5.74, 6) is -0.202. The van der Waals surface area contributed by atoms with Crippen LogP contribution in [0.25, 0.3) is 0 Å². The number of sulfonamides is 1. The molecule has 2 heterocycles. The molecular weight excluding hydrogens is 322 g/mol. The number of unbranched alkanes of at least 4 members (excludes halogenated alkanes) is 1. The number of nitrogens with zero attached hydrogens (tertiary/aromatic N) is 1. The fourth-order valence-electron chi connectivity index (χ4n) is 2.55. The lowest BCUT2D eigenvalue weighted by Crippen LogP contribution is -2.45. The van der Waals surface area contributed by atoms with Crippen LogP contribution in [0.3, 0.4) is 0 Å². The summed E-state index contributed by atoms with van der Waals surface area (Å²) in [5, 5.41) is 2.82. The molecule has 1 amide bonds. The summed E-state index contributed by atoms with van der Waals surface area (Å²) in [7, 11) is -3.58. The Balaban J connectivity index is 2.05. The molecule has 1 aliphatic rings. The van der Waals surface area contributed by atoms with Crippen molar-refractivity contribution in [3.63, 3.8) is 0 Å². The van der Waals surface area contributed by atoms with Crippen LogP contribution in [0.2, 0.25) is 0 Å². The number of amides is 1. The Morgan fingerprint density at radius 3 is 2.86 bits per heavy atom. The van der Waals surface area contributed by atoms with Crippen molar-refractivity contribution in [2.75, 3.05) is 19.6 Å². The lowest BCUT2D eigenvalue weighted by Gasteiger charge is -2.22. The second kappa shape index (κ2) is 7.54. The van der Waals surface area contributed by atoms with E-state index >= 15 is 0 Å². The SMILES string of the molecule is Cc1ccc(S(=O)(=O)N2CCCC2C(=O)NCCCCN)s1. The van der Waals surface area contributed by atoms with Gasteiger partial charge in [0.25, 0.3) is 10.0 Å². The molecule has 3 N–H and O–H groups in total. The summed E-state index contributed by atoms with van der Waals surface area (Å²) >= 11 is 1.24. The number of nitrogens with one attached hydrogen (secondary N) is 1. The predicted octanol–water partition coefficient (Wildman–Crippen LogP) is 1.06. The van der Waals surface area contributed by atoms with E-state index in [1.807, 2.05) is 6.92 Å². The number of carbonyl (C=O) groups is 1. The third-order valence-electron chi connectivity index (χ3n) is 3.72. The van der Waals surface area contributed by atoms with Crippen LogP contribution >= 0.6 is 11.3 Å². The molecule has 1 aliphatic heterocycles. The Hall–Kier alpha value is -0.960. The van der Waals surface area contributed by atoms with E-state index in [1.54, 1.807) is 12.1 Å². The first-order chi connectivity index (χ1) is 10.5. The maximum absolute atomic E-state index is 12.7. The molecule has 1 atom stereocenters. The molecule has 0 aromatic carbocycles. The average Bonchev–Trinajstić information content (AvgIpc) is 3.12. The number of aryl methyl sites for hydroxylation is 1. The number of thiophene rings is 1. The topological polar surface area (TPSA) is 92.5 Å². The van der Waals surface area contributed by atoms with Crippen LogP contribution in [0.15, 0.2) is 16.3 Å². The maximum Gasteiger partial charge on any atom is 0.253 e. The molecule has 124 valence electrons. The van der Waals surface area contributed by atoms with Crippen LogP contribution in [-0.4, -0.2) is 44.3 Å². The highest BCUT2D eigenvalue weighted by Crippen LogP contribution is 2.30. The average molecular weight is 345 g/mol. The summed E-state index contributed by atoms with van der Waals surface area (Å²) < 4.78 is 27.0. The van der Waals surface area contributed by atoms with Gasteiger partial charge in [-0.15, -0.1) is 11.3 Å². The van der Waals surface area contributed by atoms with Gasteiger partial charge in [-0.2, -0.15) is 4.31 Å². The monoisotopic (exact) mass is 345 g/mol. The molecule has 1 saturated heterocycles. The van der Waals surface area contributed by atoms with E-state index in [-0.39, 0.29) is 5.91 Å². The minimum absolute atomic E-state index is 0.202. The standard InChI is InChI=1S/C14H23N3O3S2/c1-11-6-7-13(21-11)22(19,20)17-10-4-5-12(17)14(18)16-9-3-2-8-15/h6-7,12H,2-5,8-10,15H2,1H3,(H,16,18). The molecule has 8 heteroatoms. The fraction of sp³-hybridized carbons (Fsp3) is 0.643. The molecule has 2 rings (SSSR count). The smallest absolute Gasteiger partial charge is 0.253 e. The number of nitrogens with two attached hydrogens (primary N) is 1. The molecule has 0 spiro atoms. The summed E-state index contributed by atoms with van der Waals surface area (Å²) in [4.78, 5) is 13.2. The quantitative estimate of drug-likeness (QED) is 0.723. The summed E-state index contributed by atoms with van der Waals surface area (Å²) in [6.45, 7) is 3.41. The van der Waals surface area contributed by atoms with Gasteiger partial charge in [-0.3, -0.25) is 4.79 Å². The Morgan fingerprint density at radius 1 is 1.45 bits per heavy atom. The Bertz CT molecular complexity index is 613. The normalized spacial score (nSPS) is 19.5. The number of hydrogen-bond donors (Lipinski definition) is 2. The third kappa shape index (κ3) is 3.87. The first-order valence-corrected chi connectivity index (χ1v) is 9.78. The van der Waals surface area contributed by atoms with E-state index in [0.717, 1.165) is 17.7 Å². The van der Waals surface area contributed by atoms with Crippen LogP contribution in [0.5, 0.6) is 0 Å². The third-order valence-corrected chi connectivity index (χ3v) is 7.09. The lowest BCUT2D eigenvalue weighted by molar-refractivity contribution is -0.124. The lowest BCUT2D eigenvalue weighted by atomic mass is 10.2. The predicted molar refractivity (Wildman–Crippen MR) is 87.3 cm³/mol. The molecule has 22 heavy (non-hydrogen) atoms. The first kappa shape index (κ1) is 17.4. The van der Waals surface area contributed by atoms with Crippen molar-refractivity contribution in [3.8, 4) is 0 Å². The largest absolute Gasteiger partial charge is 0.355 e. The van der Waals surface area contributed by atoms with Gasteiger partial charge >= 0.3 is 0 Å². The zero-order valence-corrected chi connectivity index (χ0v) is 14.4. The molecule has 1 aromatic rings. The van der Waals surface area contributed by atoms with Crippen LogP contribution in [0.4, 0.5) is 0 Å². The van der Waals surface area contributed by atoms with Crippen molar-refractivity contribution in [1.29, 1.82) is 0 Å². The van der Waals surface area contributed by atoms with Crippen LogP contribution in [-0.2, 0) is 14.8 Å². The summed E-state index contributed by atoms with van der Waals surface area (Å²) in [6.07, 6.45) is 2.95. The van der Waals surface area contributed by atoms with Gasteiger partial charge in [0.1, 0.15) is 10.3 Å². The van der Waals surface area contributed by atoms with E-state index in [2.05, 4.69) is 5.32 Å². The highest BCUT2D eigenvalue weighted by molar-refractivity contribution is 7.91. The van der Waals surface area contributed by atoms with E-state index in [9.17, 15) is 13.2 Å². The Labute approximate surface area is 135 Å². The molecular formula is C14H23N3O3S2. The van der Waals surface area contributed by atoms with Crippen molar-refractivity contribution in [3.05, 3.63) is 17.0 Å². The summed E-state index contributed by atoms with van der Waals surface area (Å²) in [5.41, 5.74) is 5.41. The molecule has 1 unspecified atom stereocenters. The first-order valence-electron chi connectivity index (χ1n) is 7.53. The molecule has 1 aromatic heterocycles. The van der Waals surface area contributed by atoms with Gasteiger partial charge in [-0.1, -0.05) is 0 Å². The zero-order valence-electron chi connectivity index (χ0n) is 12.7. The van der Waals surface area contributed by atoms with Crippen LogP contribution < -0.4 is 11.1 Å². The number of rotatable bonds is 7. The number of hydrogen-bond acceptors (Lipinski definition) is 5. The van der Waals surface area contributed by atoms with E-state index < -0.39 is 16.1 Å². The van der Waals surface area contributed by atoms with E-state index in [4.69, 9.17) is 5.73 Å². The fourth-order valence-corrected chi connectivity index (χ4v) is 5.62. The molecule has 0 radical (unpaired) electrons.